The number of aromatic nitrogens is 2. The van der Waals surface area contributed by atoms with Crippen LogP contribution in [0.2, 0.25) is 10.0 Å². The summed E-state index contributed by atoms with van der Waals surface area (Å²) in [4.78, 5) is 125. The molecule has 7 aliphatic heterocycles. The number of amides is 7. The first-order chi connectivity index (χ1) is 52.3. The van der Waals surface area contributed by atoms with Gasteiger partial charge < -0.3 is 123 Å². The van der Waals surface area contributed by atoms with Gasteiger partial charge in [-0.15, -0.1) is 0 Å². The largest absolute Gasteiger partial charge is 0.508 e. The van der Waals surface area contributed by atoms with Crippen molar-refractivity contribution in [3.05, 3.63) is 135 Å². The van der Waals surface area contributed by atoms with Crippen LogP contribution in [-0.4, -0.2) is 195 Å². The fourth-order valence-electron chi connectivity index (χ4n) is 13.2. The van der Waals surface area contributed by atoms with E-state index in [-0.39, 0.29) is 29.9 Å². The molecule has 11 bridgehead atoms. The van der Waals surface area contributed by atoms with E-state index in [0.29, 0.717) is 17.8 Å². The van der Waals surface area contributed by atoms with Crippen LogP contribution in [0.25, 0.3) is 11.1 Å². The number of aliphatic hydroxyl groups is 5. The summed E-state index contributed by atoms with van der Waals surface area (Å²) in [6.07, 6.45) is -23.7. The number of carbonyl (C=O) groups excluding carboxylic acids is 7. The number of hydrogen-bond acceptors (Lipinski definition) is 27. The zero-order valence-electron chi connectivity index (χ0n) is 59.0. The molecule has 18 atom stereocenters. The number of ether oxygens (including phenoxy) is 6. The Morgan fingerprint density at radius 1 is 0.748 bits per heavy atom. The van der Waals surface area contributed by atoms with Gasteiger partial charge in [-0.3, -0.25) is 33.6 Å². The number of nitrogens with one attached hydrogen (secondary N) is 7. The predicted molar refractivity (Wildman–Crippen MR) is 380 cm³/mol. The first-order valence-electron chi connectivity index (χ1n) is 34.2. The standard InChI is InChI=1S/C71H76Cl2F3N11O23S/c1-25(2)14-36(79-5)61(97)86-52-54(92)28-7-10-40(34(72)16-28)106-42-18-30-19-43(58(42)110-68-59(109-47-23-70(4,78)60(96)26(3)105-47)57(95)56(94)44(108-68)24-111-69-80-13-12-45(82-69)71(74,75)76)107-41-11-8-29(17-35(41)73)55(93)53-66(102)85-51(67(103)104)33-20-31(88)21-39(90)48(33)32-15-27(6-9-38(32)89)49(63(99)87-53)84-64(100)50(30)83-62(98)37(22-46(77)91)81-65(52)101/h6-13,15-21,25-26,36-37,44,47,49-57,59-60,68,79,88-90,92-96H,14,22-24,78H2,1-5H3,(H2,77,91)(H,81,101)(H,83,98)(H,84,100)(H,85,102)(H,86,97)(H,87,99)(H,103,104)/t26?,36-,37+,44?,47?,49?,50?,51-,52-,53+,54-,55-,56?,57?,59?,60?,68?,70?/m1/s1. The summed E-state index contributed by atoms with van der Waals surface area (Å²) >= 11 is 14.7. The van der Waals surface area contributed by atoms with E-state index in [1.807, 2.05) is 0 Å². The molecule has 7 aliphatic rings. The molecule has 11 unspecified atom stereocenters. The maximum atomic E-state index is 16.2. The fourth-order valence-corrected chi connectivity index (χ4v) is 14.5. The van der Waals surface area contributed by atoms with Gasteiger partial charge in [0.2, 0.25) is 53.4 Å². The Kier molecular flexibility index (Phi) is 24.5. The normalized spacial score (nSPS) is 28.0. The molecule has 0 radical (unpaired) electrons. The maximum Gasteiger partial charge on any atom is 0.433 e. The summed E-state index contributed by atoms with van der Waals surface area (Å²) in [6, 6.07) is -0.867. The van der Waals surface area contributed by atoms with Gasteiger partial charge in [-0.2, -0.15) is 13.2 Å². The number of fused-ring (bicyclic) bond motifs is 15. The molecule has 6 aromatic rings. The number of alkyl halides is 3. The van der Waals surface area contributed by atoms with Crippen LogP contribution in [0.4, 0.5) is 13.2 Å². The summed E-state index contributed by atoms with van der Waals surface area (Å²) in [6.45, 7) is 6.51. The smallest absolute Gasteiger partial charge is 0.433 e. The Labute approximate surface area is 642 Å². The number of aliphatic carboxylic acids is 1. The Bertz CT molecular complexity index is 4630. The maximum absolute atomic E-state index is 16.2. The van der Waals surface area contributed by atoms with E-state index in [2.05, 4.69) is 47.2 Å². The first kappa shape index (κ1) is 82.0. The second kappa shape index (κ2) is 33.2. The van der Waals surface area contributed by atoms with E-state index in [4.69, 9.17) is 63.1 Å². The molecule has 0 saturated carbocycles. The molecule has 7 amide bonds. The molecule has 8 heterocycles. The van der Waals surface area contributed by atoms with Gasteiger partial charge in [0, 0.05) is 46.7 Å². The number of carbonyl (C=O) groups is 8. The summed E-state index contributed by atoms with van der Waals surface area (Å²) in [5.41, 5.74) is 6.37. The summed E-state index contributed by atoms with van der Waals surface area (Å²) in [5, 5.41) is 121. The number of aliphatic hydroxyl groups excluding tert-OH is 5. The Morgan fingerprint density at radius 2 is 1.37 bits per heavy atom. The van der Waals surface area contributed by atoms with Crippen LogP contribution in [0.1, 0.15) is 111 Å². The lowest BCUT2D eigenvalue weighted by molar-refractivity contribution is -0.329. The van der Waals surface area contributed by atoms with E-state index in [9.17, 15) is 83.1 Å². The highest BCUT2D eigenvalue weighted by Gasteiger charge is 2.52. The summed E-state index contributed by atoms with van der Waals surface area (Å²) in [7, 11) is 1.45. The average Bonchev–Trinajstić information content (AvgIpc) is 0.767. The van der Waals surface area contributed by atoms with E-state index in [0.717, 1.165) is 79.0 Å². The van der Waals surface area contributed by atoms with Gasteiger partial charge >= 0.3 is 12.1 Å². The third kappa shape index (κ3) is 18.0. The zero-order valence-corrected chi connectivity index (χ0v) is 61.3. The van der Waals surface area contributed by atoms with Crippen molar-refractivity contribution in [3.63, 3.8) is 0 Å². The molecule has 13 rings (SSSR count). The van der Waals surface area contributed by atoms with Crippen molar-refractivity contribution in [2.45, 2.75) is 168 Å². The molecule has 5 aromatic carbocycles. The topological polar surface area (TPSA) is 536 Å². The number of primary amides is 1. The summed E-state index contributed by atoms with van der Waals surface area (Å²) in [5.74, 6) is -17.3. The lowest BCUT2D eigenvalue weighted by atomic mass is 9.86. The molecule has 0 spiro atoms. The number of carboxylic acid groups (broad SMARTS) is 1. The van der Waals surface area contributed by atoms with E-state index < -0.39 is 270 Å². The monoisotopic (exact) mass is 1610 g/mol. The van der Waals surface area contributed by atoms with Crippen LogP contribution < -0.4 is 62.9 Å². The number of phenols is 3. The number of rotatable bonds is 15. The number of halogens is 5. The summed E-state index contributed by atoms with van der Waals surface area (Å²) < 4.78 is 81.0. The van der Waals surface area contributed by atoms with E-state index in [1.54, 1.807) is 13.8 Å². The van der Waals surface area contributed by atoms with Crippen LogP contribution in [-0.2, 0) is 58.7 Å². The van der Waals surface area contributed by atoms with Crippen molar-refractivity contribution in [3.8, 4) is 57.1 Å². The SMILES string of the molecule is CN[C@H](CC(C)C)C(=O)N[C@H]1C(=O)N[C@@H](CC(N)=O)C(=O)NC2C(=O)NC3C(=O)N[C@H](C(=O)N[C@@H](C(=O)O)c4cc(O)cc(O)c4-c4cc3ccc4O)[C@H](O)c3ccc(c(Cl)c3)Oc3cc2cc(c3OC2OC(CSc3nccc(C(F)(F)F)n3)C(O)C(O)C2OC2CC(C)(N)C(O)C(C)O2)Oc2ccc(cc2Cl)[C@H]1O. The minimum Gasteiger partial charge on any atom is -0.508 e. The van der Waals surface area contributed by atoms with Crippen molar-refractivity contribution >= 4 is 82.3 Å². The number of aromatic hydroxyl groups is 3. The number of likely N-dealkylation sites (N-methyl/N-ethyl adjacent to an activating group) is 1. The number of nitrogens with zero attached hydrogens (tertiary/aromatic N) is 2. The second-order valence-corrected chi connectivity index (χ2v) is 29.4. The van der Waals surface area contributed by atoms with Gasteiger partial charge in [0.25, 0.3) is 0 Å². The number of carboxylic acids is 1. The minimum absolute atomic E-state index is 0.130. The van der Waals surface area contributed by atoms with Gasteiger partial charge in [-0.05, 0) is 116 Å². The van der Waals surface area contributed by atoms with Crippen molar-refractivity contribution in [1.29, 1.82) is 0 Å². The molecule has 0 aliphatic carbocycles. The number of nitrogens with two attached hydrogens (primary N) is 2. The van der Waals surface area contributed by atoms with Crippen molar-refractivity contribution < 1.29 is 126 Å². The average molecular weight is 1610 g/mol. The molecule has 2 saturated heterocycles. The third-order valence-corrected chi connectivity index (χ3v) is 20.4. The van der Waals surface area contributed by atoms with Crippen LogP contribution >= 0.6 is 35.0 Å². The predicted octanol–water partition coefficient (Wildman–Crippen LogP) is 2.72. The number of hydrogen-bond donors (Lipinski definition) is 18. The molecule has 40 heteroatoms. The van der Waals surface area contributed by atoms with Crippen LogP contribution in [0, 0.1) is 5.92 Å². The molecule has 2 fully saturated rings. The quantitative estimate of drug-likeness (QED) is 0.0519. The highest BCUT2D eigenvalue weighted by molar-refractivity contribution is 7.99. The Balaban J connectivity index is 1.16. The number of phenolic OH excluding ortho intramolecular Hbond substituents is 3. The van der Waals surface area contributed by atoms with E-state index in [1.165, 1.54) is 27.0 Å². The van der Waals surface area contributed by atoms with Gasteiger partial charge in [-0.1, -0.05) is 67.0 Å². The first-order valence-corrected chi connectivity index (χ1v) is 35.9. The molecule has 20 N–H and O–H groups in total. The van der Waals surface area contributed by atoms with Gasteiger partial charge in [0.15, 0.2) is 35.1 Å². The van der Waals surface area contributed by atoms with Crippen molar-refractivity contribution in [1.82, 2.24) is 47.2 Å². The Morgan fingerprint density at radius 3 is 1.97 bits per heavy atom. The van der Waals surface area contributed by atoms with Crippen molar-refractivity contribution in [2.24, 2.45) is 17.4 Å². The van der Waals surface area contributed by atoms with Crippen molar-refractivity contribution in [2.75, 3.05) is 12.8 Å². The van der Waals surface area contributed by atoms with E-state index >= 15 is 14.4 Å². The number of benzene rings is 5. The third-order valence-electron chi connectivity index (χ3n) is 18.9. The molecule has 1 aromatic heterocycles. The molecule has 111 heavy (non-hydrogen) atoms. The minimum atomic E-state index is -4.94. The van der Waals surface area contributed by atoms with Crippen LogP contribution in [0.5, 0.6) is 46.0 Å². The second-order valence-electron chi connectivity index (χ2n) is 27.6. The number of thioether (sulfide) groups is 1. The fraction of sp³-hybridized carbons (Fsp3) is 0.408. The van der Waals surface area contributed by atoms with Crippen LogP contribution in [0.15, 0.2) is 96.3 Å². The zero-order chi connectivity index (χ0) is 80.7. The molecular weight excluding hydrogens is 1530 g/mol. The van der Waals surface area contributed by atoms with Crippen LogP contribution in [0.3, 0.4) is 0 Å². The molecular formula is C71H76Cl2F3N11O23S. The molecule has 594 valence electrons. The molecule has 34 nitrogen and oxygen atoms in total. The lowest BCUT2D eigenvalue weighted by Crippen LogP contribution is -2.64. The highest BCUT2D eigenvalue weighted by atomic mass is 35.5. The van der Waals surface area contributed by atoms with Gasteiger partial charge in [-0.25, -0.2) is 14.8 Å². The van der Waals surface area contributed by atoms with Gasteiger partial charge in [0.05, 0.1) is 40.8 Å². The van der Waals surface area contributed by atoms with Gasteiger partial charge in [0.1, 0.15) is 89.1 Å². The Hall–Kier alpha value is -9.94. The highest BCUT2D eigenvalue weighted by Crippen LogP contribution is 2.50. The lowest BCUT2D eigenvalue weighted by Gasteiger charge is -2.47.